The van der Waals surface area contributed by atoms with Gasteiger partial charge >= 0.3 is 5.97 Å². The Morgan fingerprint density at radius 3 is 1.20 bits per heavy atom. The van der Waals surface area contributed by atoms with Crippen molar-refractivity contribution >= 4 is 11.9 Å². The van der Waals surface area contributed by atoms with Crippen LogP contribution < -0.4 is 5.32 Å². The van der Waals surface area contributed by atoms with Gasteiger partial charge < -0.3 is 45.1 Å². The van der Waals surface area contributed by atoms with Crippen molar-refractivity contribution in [3.63, 3.8) is 0 Å². The fourth-order valence-electron chi connectivity index (χ4n) is 11.7. The minimum atomic E-state index is -1.57. The molecule has 6 N–H and O–H groups in total. The molecule has 1 aliphatic rings. The van der Waals surface area contributed by atoms with Crippen molar-refractivity contribution in [2.24, 2.45) is 0 Å². The fraction of sp³-hybridized carbons (Fsp3) is 0.892. The van der Waals surface area contributed by atoms with Gasteiger partial charge in [-0.3, -0.25) is 9.59 Å². The summed E-state index contributed by atoms with van der Waals surface area (Å²) >= 11 is 0. The number of carbonyl (C=O) groups is 2. The lowest BCUT2D eigenvalue weighted by molar-refractivity contribution is -0.302. The van der Waals surface area contributed by atoms with Crippen LogP contribution in [0.4, 0.5) is 0 Å². The van der Waals surface area contributed by atoms with Crippen LogP contribution in [0.1, 0.15) is 361 Å². The Bertz CT molecular complexity index is 1510. The maximum absolute atomic E-state index is 13.0. The van der Waals surface area contributed by atoms with Crippen molar-refractivity contribution in [2.75, 3.05) is 19.8 Å². The van der Waals surface area contributed by atoms with Gasteiger partial charge in [0.2, 0.25) is 5.91 Å². The number of esters is 1. The number of unbranched alkanes of at least 4 members (excludes halogenated alkanes) is 47. The lowest BCUT2D eigenvalue weighted by Gasteiger charge is -2.40. The van der Waals surface area contributed by atoms with Gasteiger partial charge in [-0.1, -0.05) is 320 Å². The maximum Gasteiger partial charge on any atom is 0.305 e. The van der Waals surface area contributed by atoms with Crippen molar-refractivity contribution in [2.45, 2.75) is 403 Å². The third kappa shape index (κ3) is 52.4. The van der Waals surface area contributed by atoms with Crippen LogP contribution >= 0.6 is 0 Å². The zero-order chi connectivity index (χ0) is 61.6. The average Bonchev–Trinajstić information content (AvgIpc) is 3.31. The summed E-state index contributed by atoms with van der Waals surface area (Å²) in [5.74, 6) is -0.178. The largest absolute Gasteiger partial charge is 0.466 e. The Kier molecular flexibility index (Phi) is 60.4. The first kappa shape index (κ1) is 80.9. The molecule has 7 unspecified atom stereocenters. The Labute approximate surface area is 523 Å². The molecule has 0 aromatic heterocycles. The molecule has 85 heavy (non-hydrogen) atoms. The number of aliphatic hydroxyl groups excluding tert-OH is 5. The molecule has 1 heterocycles. The quantitative estimate of drug-likeness (QED) is 0.0195. The van der Waals surface area contributed by atoms with Crippen LogP contribution in [0.25, 0.3) is 0 Å². The SMILES string of the molecule is CCCCCC/C=C\C/C=C\CCCCCCCC(=O)OCCCCCCCCCCCCCCCCCCCCCCCCCCCCCCCCCCC(=O)NC(COC1OC(CO)C(O)C(O)C1O)C(O)/C=C/CCCCCCCCC. The third-order valence-electron chi connectivity index (χ3n) is 17.5. The Morgan fingerprint density at radius 2 is 0.788 bits per heavy atom. The minimum absolute atomic E-state index is 0.000405. The molecule has 1 amide bonds. The number of allylic oxidation sites excluding steroid dienone is 5. The summed E-state index contributed by atoms with van der Waals surface area (Å²) in [6, 6.07) is -0.805. The van der Waals surface area contributed by atoms with Gasteiger partial charge in [0.1, 0.15) is 24.4 Å². The second kappa shape index (κ2) is 63.4. The van der Waals surface area contributed by atoms with Crippen LogP contribution in [0.5, 0.6) is 0 Å². The first-order valence-corrected chi connectivity index (χ1v) is 36.8. The van der Waals surface area contributed by atoms with Gasteiger partial charge in [0, 0.05) is 12.8 Å². The predicted octanol–water partition coefficient (Wildman–Crippen LogP) is 19.0. The number of rotatable bonds is 65. The molecule has 1 rings (SSSR count). The molecule has 11 nitrogen and oxygen atoms in total. The topological polar surface area (TPSA) is 175 Å². The van der Waals surface area contributed by atoms with Crippen LogP contribution in [-0.4, -0.2) is 100 Å². The standard InChI is InChI=1S/C74H139NO10/c1-3-5-7-9-11-13-14-15-16-36-39-42-46-50-54-58-62-70(79)83-63-59-55-51-47-43-40-37-34-32-30-28-26-24-22-20-18-17-19-21-23-25-27-29-31-33-35-38-41-45-49-53-57-61-69(78)75-66(67(77)60-56-52-48-44-12-10-8-6-4-2)65-84-74-73(82)72(81)71(80)68(64-76)85-74/h13-14,16,36,56,60,66-68,71-74,76-77,80-82H,3-12,15,17-35,37-55,57-59,61-65H2,1-2H3,(H,75,78)/b14-13-,36-16-,60-56+. The Morgan fingerprint density at radius 1 is 0.435 bits per heavy atom. The summed E-state index contributed by atoms with van der Waals surface area (Å²) in [6.07, 6.45) is 71.7. The molecule has 11 heteroatoms. The van der Waals surface area contributed by atoms with Crippen molar-refractivity contribution in [1.82, 2.24) is 5.32 Å². The minimum Gasteiger partial charge on any atom is -0.466 e. The van der Waals surface area contributed by atoms with E-state index in [0.717, 1.165) is 64.2 Å². The van der Waals surface area contributed by atoms with Gasteiger partial charge in [0.05, 0.1) is 32.0 Å². The summed E-state index contributed by atoms with van der Waals surface area (Å²) in [7, 11) is 0. The Balaban J connectivity index is 1.87. The summed E-state index contributed by atoms with van der Waals surface area (Å²) in [5, 5.41) is 54.3. The van der Waals surface area contributed by atoms with Crippen LogP contribution in [0.15, 0.2) is 36.5 Å². The maximum atomic E-state index is 13.0. The van der Waals surface area contributed by atoms with Crippen molar-refractivity contribution in [1.29, 1.82) is 0 Å². The number of amides is 1. The van der Waals surface area contributed by atoms with E-state index < -0.39 is 49.5 Å². The molecule has 0 bridgehead atoms. The van der Waals surface area contributed by atoms with Crippen LogP contribution in [0.3, 0.4) is 0 Å². The van der Waals surface area contributed by atoms with Gasteiger partial charge in [-0.05, 0) is 64.2 Å². The third-order valence-corrected chi connectivity index (χ3v) is 17.5. The number of hydrogen-bond acceptors (Lipinski definition) is 10. The van der Waals surface area contributed by atoms with E-state index in [1.807, 2.05) is 6.08 Å². The molecule has 0 aromatic carbocycles. The van der Waals surface area contributed by atoms with E-state index in [1.54, 1.807) is 6.08 Å². The van der Waals surface area contributed by atoms with Crippen LogP contribution in [0, 0.1) is 0 Å². The highest BCUT2D eigenvalue weighted by Gasteiger charge is 2.44. The van der Waals surface area contributed by atoms with E-state index in [2.05, 4.69) is 43.5 Å². The van der Waals surface area contributed by atoms with E-state index in [9.17, 15) is 35.1 Å². The van der Waals surface area contributed by atoms with E-state index in [-0.39, 0.29) is 18.5 Å². The number of ether oxygens (including phenoxy) is 3. The molecule has 1 saturated heterocycles. The lowest BCUT2D eigenvalue weighted by atomic mass is 9.99. The molecule has 1 fully saturated rings. The molecule has 0 spiro atoms. The van der Waals surface area contributed by atoms with E-state index in [4.69, 9.17) is 14.2 Å². The molecule has 0 saturated carbocycles. The van der Waals surface area contributed by atoms with E-state index in [0.29, 0.717) is 19.4 Å². The first-order valence-electron chi connectivity index (χ1n) is 36.8. The van der Waals surface area contributed by atoms with Crippen molar-refractivity contribution in [3.05, 3.63) is 36.5 Å². The highest BCUT2D eigenvalue weighted by molar-refractivity contribution is 5.76. The molecular weight excluding hydrogens is 1060 g/mol. The molecule has 500 valence electrons. The second-order valence-corrected chi connectivity index (χ2v) is 25.7. The molecule has 0 radical (unpaired) electrons. The second-order valence-electron chi connectivity index (χ2n) is 25.7. The van der Waals surface area contributed by atoms with E-state index >= 15 is 0 Å². The summed E-state index contributed by atoms with van der Waals surface area (Å²) in [6.45, 7) is 4.33. The smallest absolute Gasteiger partial charge is 0.305 e. The average molecular weight is 1200 g/mol. The van der Waals surface area contributed by atoms with Crippen LogP contribution in [-0.2, 0) is 23.8 Å². The predicted molar refractivity (Wildman–Crippen MR) is 357 cm³/mol. The van der Waals surface area contributed by atoms with Gasteiger partial charge in [-0.2, -0.15) is 0 Å². The monoisotopic (exact) mass is 1200 g/mol. The molecular formula is C74H139NO10. The van der Waals surface area contributed by atoms with Gasteiger partial charge in [-0.25, -0.2) is 0 Å². The molecule has 7 atom stereocenters. The summed E-state index contributed by atoms with van der Waals surface area (Å²) < 4.78 is 16.7. The number of hydrogen-bond donors (Lipinski definition) is 6. The first-order chi connectivity index (χ1) is 41.7. The zero-order valence-corrected chi connectivity index (χ0v) is 55.6. The van der Waals surface area contributed by atoms with E-state index in [1.165, 1.54) is 270 Å². The molecule has 0 aliphatic carbocycles. The van der Waals surface area contributed by atoms with Crippen molar-refractivity contribution < 1.29 is 49.3 Å². The molecule has 0 aromatic rings. The highest BCUT2D eigenvalue weighted by Crippen LogP contribution is 2.23. The lowest BCUT2D eigenvalue weighted by Crippen LogP contribution is -2.60. The number of carbonyl (C=O) groups excluding carboxylic acids is 2. The van der Waals surface area contributed by atoms with Gasteiger partial charge in [0.15, 0.2) is 6.29 Å². The van der Waals surface area contributed by atoms with Gasteiger partial charge in [-0.15, -0.1) is 0 Å². The van der Waals surface area contributed by atoms with Crippen LogP contribution in [0.2, 0.25) is 0 Å². The zero-order valence-electron chi connectivity index (χ0n) is 55.6. The fourth-order valence-corrected chi connectivity index (χ4v) is 11.7. The summed E-state index contributed by atoms with van der Waals surface area (Å²) in [5.41, 5.74) is 0. The van der Waals surface area contributed by atoms with Crippen molar-refractivity contribution in [3.8, 4) is 0 Å². The number of nitrogens with one attached hydrogen (secondary N) is 1. The Hall–Kier alpha value is -2.12. The molecule has 1 aliphatic heterocycles. The number of aliphatic hydroxyl groups is 5. The van der Waals surface area contributed by atoms with Gasteiger partial charge in [0.25, 0.3) is 0 Å². The normalized spacial score (nSPS) is 18.1. The highest BCUT2D eigenvalue weighted by atomic mass is 16.7. The summed E-state index contributed by atoms with van der Waals surface area (Å²) in [4.78, 5) is 25.1.